The molecule has 1 amide bonds. The van der Waals surface area contributed by atoms with Gasteiger partial charge in [-0.05, 0) is 56.6 Å². The number of nitrogens with zero attached hydrogens (tertiary/aromatic N) is 1. The Kier molecular flexibility index (Phi) is 8.94. The highest BCUT2D eigenvalue weighted by Crippen LogP contribution is 2.16. The van der Waals surface area contributed by atoms with Gasteiger partial charge in [0.1, 0.15) is 5.75 Å². The lowest BCUT2D eigenvalue weighted by atomic mass is 10.1. The number of piperidine rings is 1. The summed E-state index contributed by atoms with van der Waals surface area (Å²) in [7, 11) is 0. The minimum atomic E-state index is 0. The number of hydrogen-bond donors (Lipinski definition) is 1. The number of anilines is 1. The Balaban J connectivity index is 0.00000242. The Morgan fingerprint density at radius 3 is 2.50 bits per heavy atom. The normalized spacial score (nSPS) is 15.0. The standard InChI is InChI=1S/C17H26N2O2.ClH/c1-2-3-13-21-16-9-7-15(8-10-16)18-17(20)14-19-11-5-4-6-12-19;/h7-10H,2-6,11-14H2,1H3,(H,18,20);1H/p-1. The molecule has 0 atom stereocenters. The number of ether oxygens (including phenoxy) is 1. The van der Waals surface area contributed by atoms with Crippen molar-refractivity contribution in [2.24, 2.45) is 0 Å². The lowest BCUT2D eigenvalue weighted by Crippen LogP contribution is -3.00. The topological polar surface area (TPSA) is 41.6 Å². The summed E-state index contributed by atoms with van der Waals surface area (Å²) in [4.78, 5) is 14.2. The van der Waals surface area contributed by atoms with E-state index in [1.807, 2.05) is 24.3 Å². The molecule has 5 heteroatoms. The highest BCUT2D eigenvalue weighted by molar-refractivity contribution is 5.92. The van der Waals surface area contributed by atoms with Crippen LogP contribution in [0.5, 0.6) is 5.75 Å². The van der Waals surface area contributed by atoms with E-state index in [1.54, 1.807) is 0 Å². The van der Waals surface area contributed by atoms with Gasteiger partial charge in [0, 0.05) is 5.69 Å². The first kappa shape index (κ1) is 18.8. The summed E-state index contributed by atoms with van der Waals surface area (Å²) >= 11 is 0. The SMILES string of the molecule is CCCCOc1ccc(NC(=O)CN2CCCCC2)cc1.[Cl-]. The van der Waals surface area contributed by atoms with E-state index in [9.17, 15) is 4.79 Å². The van der Waals surface area contributed by atoms with Gasteiger partial charge in [0.15, 0.2) is 0 Å². The molecule has 1 saturated heterocycles. The molecule has 1 aliphatic heterocycles. The van der Waals surface area contributed by atoms with E-state index in [0.717, 1.165) is 44.0 Å². The van der Waals surface area contributed by atoms with Crippen LogP contribution < -0.4 is 22.5 Å². The van der Waals surface area contributed by atoms with Crippen LogP contribution in [-0.2, 0) is 4.79 Å². The number of nitrogens with one attached hydrogen (secondary N) is 1. The molecule has 4 nitrogen and oxygen atoms in total. The van der Waals surface area contributed by atoms with E-state index < -0.39 is 0 Å². The molecule has 0 spiro atoms. The third-order valence-electron chi connectivity index (χ3n) is 3.72. The Morgan fingerprint density at radius 1 is 1.18 bits per heavy atom. The number of benzene rings is 1. The van der Waals surface area contributed by atoms with Crippen molar-refractivity contribution in [1.29, 1.82) is 0 Å². The monoisotopic (exact) mass is 325 g/mol. The van der Waals surface area contributed by atoms with Crippen LogP contribution in [0.25, 0.3) is 0 Å². The number of hydrogen-bond acceptors (Lipinski definition) is 3. The lowest BCUT2D eigenvalue weighted by Gasteiger charge is -2.25. The van der Waals surface area contributed by atoms with Gasteiger partial charge in [0.25, 0.3) is 0 Å². The number of carbonyl (C=O) groups is 1. The van der Waals surface area contributed by atoms with Crippen molar-refractivity contribution in [3.05, 3.63) is 24.3 Å². The molecule has 124 valence electrons. The summed E-state index contributed by atoms with van der Waals surface area (Å²) in [6, 6.07) is 7.61. The quantitative estimate of drug-likeness (QED) is 0.733. The first-order valence-corrected chi connectivity index (χ1v) is 8.03. The highest BCUT2D eigenvalue weighted by atomic mass is 35.5. The van der Waals surface area contributed by atoms with Gasteiger partial charge in [-0.25, -0.2) is 0 Å². The van der Waals surface area contributed by atoms with E-state index in [4.69, 9.17) is 4.74 Å². The second-order valence-electron chi connectivity index (χ2n) is 5.61. The molecular weight excluding hydrogens is 300 g/mol. The zero-order valence-corrected chi connectivity index (χ0v) is 14.1. The maximum Gasteiger partial charge on any atom is 0.238 e. The van der Waals surface area contributed by atoms with Gasteiger partial charge in [0.05, 0.1) is 13.2 Å². The van der Waals surface area contributed by atoms with Crippen molar-refractivity contribution in [2.75, 3.05) is 31.6 Å². The third-order valence-corrected chi connectivity index (χ3v) is 3.72. The Labute approximate surface area is 139 Å². The fourth-order valence-electron chi connectivity index (χ4n) is 2.49. The van der Waals surface area contributed by atoms with Crippen LogP contribution in [-0.4, -0.2) is 37.0 Å². The van der Waals surface area contributed by atoms with Crippen molar-refractivity contribution in [2.45, 2.75) is 39.0 Å². The second kappa shape index (κ2) is 10.5. The van der Waals surface area contributed by atoms with E-state index in [-0.39, 0.29) is 18.3 Å². The zero-order chi connectivity index (χ0) is 14.9. The Hall–Kier alpha value is -1.26. The average molecular weight is 326 g/mol. The molecule has 1 aromatic carbocycles. The Bertz CT molecular complexity index is 431. The van der Waals surface area contributed by atoms with Crippen LogP contribution in [0.15, 0.2) is 24.3 Å². The number of likely N-dealkylation sites (tertiary alicyclic amines) is 1. The smallest absolute Gasteiger partial charge is 0.238 e. The first-order valence-electron chi connectivity index (χ1n) is 8.03. The van der Waals surface area contributed by atoms with Crippen LogP contribution in [0, 0.1) is 0 Å². The maximum atomic E-state index is 12.0. The van der Waals surface area contributed by atoms with Crippen molar-refractivity contribution in [1.82, 2.24) is 4.90 Å². The molecule has 0 unspecified atom stereocenters. The minimum absolute atomic E-state index is 0. The number of amides is 1. The molecule has 2 rings (SSSR count). The van der Waals surface area contributed by atoms with Gasteiger partial charge >= 0.3 is 0 Å². The summed E-state index contributed by atoms with van der Waals surface area (Å²) in [5, 5.41) is 2.95. The summed E-state index contributed by atoms with van der Waals surface area (Å²) < 4.78 is 5.61. The molecule has 1 heterocycles. The van der Waals surface area contributed by atoms with Crippen LogP contribution in [0.3, 0.4) is 0 Å². The molecule has 1 aliphatic rings. The van der Waals surface area contributed by atoms with Gasteiger partial charge in [-0.1, -0.05) is 19.8 Å². The maximum absolute atomic E-state index is 12.0. The van der Waals surface area contributed by atoms with E-state index in [2.05, 4.69) is 17.1 Å². The number of rotatable bonds is 7. The van der Waals surface area contributed by atoms with Gasteiger partial charge in [-0.3, -0.25) is 9.69 Å². The molecule has 1 aromatic rings. The summed E-state index contributed by atoms with van der Waals surface area (Å²) in [6.07, 6.45) is 5.89. The number of halogens is 1. The van der Waals surface area contributed by atoms with Gasteiger partial charge < -0.3 is 22.5 Å². The molecule has 0 aliphatic carbocycles. The van der Waals surface area contributed by atoms with Crippen LogP contribution >= 0.6 is 0 Å². The van der Waals surface area contributed by atoms with Gasteiger partial charge in [-0.2, -0.15) is 0 Å². The van der Waals surface area contributed by atoms with Crippen molar-refractivity contribution >= 4 is 11.6 Å². The predicted octanol–water partition coefficient (Wildman–Crippen LogP) is 0.294. The summed E-state index contributed by atoms with van der Waals surface area (Å²) in [5.74, 6) is 0.925. The van der Waals surface area contributed by atoms with Crippen molar-refractivity contribution in [3.8, 4) is 5.75 Å². The molecule has 0 radical (unpaired) electrons. The fraction of sp³-hybridized carbons (Fsp3) is 0.588. The summed E-state index contributed by atoms with van der Waals surface area (Å²) in [5.41, 5.74) is 0.833. The van der Waals surface area contributed by atoms with Gasteiger partial charge in [-0.15, -0.1) is 0 Å². The minimum Gasteiger partial charge on any atom is -1.00 e. The van der Waals surface area contributed by atoms with Crippen molar-refractivity contribution in [3.63, 3.8) is 0 Å². The molecule has 0 bridgehead atoms. The molecule has 0 aromatic heterocycles. The van der Waals surface area contributed by atoms with Crippen LogP contribution in [0.4, 0.5) is 5.69 Å². The van der Waals surface area contributed by atoms with Crippen molar-refractivity contribution < 1.29 is 21.9 Å². The molecule has 1 fully saturated rings. The second-order valence-corrected chi connectivity index (χ2v) is 5.61. The largest absolute Gasteiger partial charge is 1.00 e. The molecule has 22 heavy (non-hydrogen) atoms. The zero-order valence-electron chi connectivity index (χ0n) is 13.3. The van der Waals surface area contributed by atoms with E-state index in [0.29, 0.717) is 6.54 Å². The van der Waals surface area contributed by atoms with Gasteiger partial charge in [0.2, 0.25) is 5.91 Å². The molecule has 0 saturated carbocycles. The molecule has 1 N–H and O–H groups in total. The number of carbonyl (C=O) groups excluding carboxylic acids is 1. The summed E-state index contributed by atoms with van der Waals surface area (Å²) in [6.45, 7) is 5.46. The average Bonchev–Trinajstić information content (AvgIpc) is 2.50. The molecular formula is C17H26ClN2O2-. The fourth-order valence-corrected chi connectivity index (χ4v) is 2.49. The number of unbranched alkanes of at least 4 members (excludes halogenated alkanes) is 1. The van der Waals surface area contributed by atoms with E-state index >= 15 is 0 Å². The highest BCUT2D eigenvalue weighted by Gasteiger charge is 2.13. The Morgan fingerprint density at radius 2 is 1.86 bits per heavy atom. The predicted molar refractivity (Wildman–Crippen MR) is 85.8 cm³/mol. The van der Waals surface area contributed by atoms with Crippen LogP contribution in [0.2, 0.25) is 0 Å². The third kappa shape index (κ3) is 6.67. The van der Waals surface area contributed by atoms with E-state index in [1.165, 1.54) is 19.3 Å². The lowest BCUT2D eigenvalue weighted by molar-refractivity contribution is -0.117. The first-order chi connectivity index (χ1) is 10.3. The van der Waals surface area contributed by atoms with Crippen LogP contribution in [0.1, 0.15) is 39.0 Å².